The summed E-state index contributed by atoms with van der Waals surface area (Å²) >= 11 is 1.38. The summed E-state index contributed by atoms with van der Waals surface area (Å²) in [6.45, 7) is 0. The van der Waals surface area contributed by atoms with E-state index < -0.39 is 23.5 Å². The first-order valence-corrected chi connectivity index (χ1v) is 5.70. The Bertz CT molecular complexity index is 490. The Hall–Kier alpha value is -1.37. The molecular formula is C11H9F3N2S. The molecule has 0 aliphatic heterocycles. The predicted molar refractivity (Wildman–Crippen MR) is 59.8 cm³/mol. The fraction of sp³-hybridized carbons (Fsp3) is 0.0909. The van der Waals surface area contributed by atoms with Crippen molar-refractivity contribution < 1.29 is 13.2 Å². The van der Waals surface area contributed by atoms with Gasteiger partial charge in [-0.2, -0.15) is 11.3 Å². The van der Waals surface area contributed by atoms with Crippen LogP contribution in [-0.4, -0.2) is 0 Å². The highest BCUT2D eigenvalue weighted by molar-refractivity contribution is 7.08. The Balaban J connectivity index is 2.52. The van der Waals surface area contributed by atoms with E-state index >= 15 is 0 Å². The SMILES string of the molecule is NNC(c1ccsc1)c1c(F)cc(F)cc1F. The molecule has 0 radical (unpaired) electrons. The average molecular weight is 258 g/mol. The van der Waals surface area contributed by atoms with E-state index in [1.807, 2.05) is 0 Å². The number of hydrazine groups is 1. The predicted octanol–water partition coefficient (Wildman–Crippen LogP) is 2.72. The van der Waals surface area contributed by atoms with Gasteiger partial charge in [0.15, 0.2) is 0 Å². The van der Waals surface area contributed by atoms with Crippen molar-refractivity contribution in [1.82, 2.24) is 5.43 Å². The summed E-state index contributed by atoms with van der Waals surface area (Å²) < 4.78 is 39.9. The topological polar surface area (TPSA) is 38.0 Å². The number of hydrogen-bond acceptors (Lipinski definition) is 3. The van der Waals surface area contributed by atoms with Crippen molar-refractivity contribution in [1.29, 1.82) is 0 Å². The molecule has 2 aromatic rings. The van der Waals surface area contributed by atoms with E-state index in [1.54, 1.807) is 16.8 Å². The zero-order valence-electron chi connectivity index (χ0n) is 8.58. The Kier molecular flexibility index (Phi) is 3.46. The van der Waals surface area contributed by atoms with Crippen LogP contribution < -0.4 is 11.3 Å². The van der Waals surface area contributed by atoms with Gasteiger partial charge in [-0.05, 0) is 22.4 Å². The molecule has 0 fully saturated rings. The van der Waals surface area contributed by atoms with Gasteiger partial charge in [0, 0.05) is 17.7 Å². The van der Waals surface area contributed by atoms with Crippen LogP contribution in [0.15, 0.2) is 29.0 Å². The van der Waals surface area contributed by atoms with Gasteiger partial charge in [-0.25, -0.2) is 18.6 Å². The van der Waals surface area contributed by atoms with Crippen LogP contribution in [0.4, 0.5) is 13.2 Å². The highest BCUT2D eigenvalue weighted by atomic mass is 32.1. The van der Waals surface area contributed by atoms with E-state index in [4.69, 9.17) is 5.84 Å². The van der Waals surface area contributed by atoms with Gasteiger partial charge < -0.3 is 0 Å². The number of nitrogens with one attached hydrogen (secondary N) is 1. The minimum absolute atomic E-state index is 0.285. The number of benzene rings is 1. The van der Waals surface area contributed by atoms with Gasteiger partial charge in [0.05, 0.1) is 6.04 Å². The van der Waals surface area contributed by atoms with Crippen molar-refractivity contribution >= 4 is 11.3 Å². The Labute approximate surface area is 99.9 Å². The number of thiophene rings is 1. The van der Waals surface area contributed by atoms with E-state index in [0.717, 1.165) is 0 Å². The molecule has 0 amide bonds. The van der Waals surface area contributed by atoms with Crippen molar-refractivity contribution in [2.24, 2.45) is 5.84 Å². The van der Waals surface area contributed by atoms with Gasteiger partial charge in [0.1, 0.15) is 17.5 Å². The van der Waals surface area contributed by atoms with E-state index in [2.05, 4.69) is 5.43 Å². The zero-order chi connectivity index (χ0) is 12.4. The molecule has 1 aromatic carbocycles. The monoisotopic (exact) mass is 258 g/mol. The second-order valence-corrected chi connectivity index (χ2v) is 4.22. The Morgan fingerprint density at radius 2 is 1.82 bits per heavy atom. The maximum Gasteiger partial charge on any atom is 0.134 e. The molecule has 90 valence electrons. The van der Waals surface area contributed by atoms with Crippen LogP contribution in [0.3, 0.4) is 0 Å². The highest BCUT2D eigenvalue weighted by Crippen LogP contribution is 2.28. The second-order valence-electron chi connectivity index (χ2n) is 3.44. The van der Waals surface area contributed by atoms with Crippen LogP contribution in [0.2, 0.25) is 0 Å². The third-order valence-electron chi connectivity index (χ3n) is 2.38. The van der Waals surface area contributed by atoms with Gasteiger partial charge in [-0.3, -0.25) is 5.84 Å². The minimum atomic E-state index is -0.961. The third kappa shape index (κ3) is 2.33. The normalized spacial score (nSPS) is 12.7. The van der Waals surface area contributed by atoms with Crippen LogP contribution in [0.5, 0.6) is 0 Å². The first kappa shape index (κ1) is 12.1. The summed E-state index contributed by atoms with van der Waals surface area (Å²) in [5, 5.41) is 3.48. The molecule has 0 spiro atoms. The summed E-state index contributed by atoms with van der Waals surface area (Å²) in [6.07, 6.45) is 0. The standard InChI is InChI=1S/C11H9F3N2S/c12-7-3-8(13)10(9(14)4-7)11(16-15)6-1-2-17-5-6/h1-5,11,16H,15H2. The summed E-state index contributed by atoms with van der Waals surface area (Å²) in [6, 6.07) is 2.13. The number of hydrogen-bond donors (Lipinski definition) is 2. The number of nitrogens with two attached hydrogens (primary N) is 1. The van der Waals surface area contributed by atoms with Crippen LogP contribution in [0.25, 0.3) is 0 Å². The lowest BCUT2D eigenvalue weighted by Crippen LogP contribution is -2.30. The zero-order valence-corrected chi connectivity index (χ0v) is 9.40. The summed E-state index contributed by atoms with van der Waals surface area (Å²) in [5.74, 6) is 2.42. The van der Waals surface area contributed by atoms with E-state index in [0.29, 0.717) is 17.7 Å². The molecule has 2 rings (SSSR count). The quantitative estimate of drug-likeness (QED) is 0.656. The molecule has 0 bridgehead atoms. The molecule has 0 saturated heterocycles. The molecule has 3 N–H and O–H groups in total. The van der Waals surface area contributed by atoms with Gasteiger partial charge in [0.2, 0.25) is 0 Å². The van der Waals surface area contributed by atoms with Crippen molar-refractivity contribution in [3.8, 4) is 0 Å². The smallest absolute Gasteiger partial charge is 0.134 e. The highest BCUT2D eigenvalue weighted by Gasteiger charge is 2.22. The second kappa shape index (κ2) is 4.87. The number of rotatable bonds is 3. The molecule has 1 atom stereocenters. The van der Waals surface area contributed by atoms with Crippen molar-refractivity contribution in [3.05, 3.63) is 57.5 Å². The molecule has 0 saturated carbocycles. The van der Waals surface area contributed by atoms with Crippen molar-refractivity contribution in [2.45, 2.75) is 6.04 Å². The van der Waals surface area contributed by atoms with E-state index in [1.165, 1.54) is 11.3 Å². The van der Waals surface area contributed by atoms with Crippen LogP contribution >= 0.6 is 11.3 Å². The summed E-state index contributed by atoms with van der Waals surface area (Å²) in [4.78, 5) is 0. The maximum absolute atomic E-state index is 13.6. The molecule has 1 aromatic heterocycles. The van der Waals surface area contributed by atoms with Gasteiger partial charge in [-0.15, -0.1) is 0 Å². The molecule has 0 aliphatic carbocycles. The molecule has 1 heterocycles. The molecule has 2 nitrogen and oxygen atoms in total. The fourth-order valence-electron chi connectivity index (χ4n) is 1.61. The third-order valence-corrected chi connectivity index (χ3v) is 3.08. The first-order valence-electron chi connectivity index (χ1n) is 4.76. The molecule has 0 aliphatic rings. The summed E-state index contributed by atoms with van der Waals surface area (Å²) in [7, 11) is 0. The number of halogens is 3. The van der Waals surface area contributed by atoms with Crippen LogP contribution in [0, 0.1) is 17.5 Å². The minimum Gasteiger partial charge on any atom is -0.271 e. The van der Waals surface area contributed by atoms with Crippen molar-refractivity contribution in [3.63, 3.8) is 0 Å². The lowest BCUT2D eigenvalue weighted by Gasteiger charge is -2.16. The van der Waals surface area contributed by atoms with Crippen LogP contribution in [0.1, 0.15) is 17.2 Å². The maximum atomic E-state index is 13.6. The Morgan fingerprint density at radius 3 is 2.29 bits per heavy atom. The lowest BCUT2D eigenvalue weighted by molar-refractivity contribution is 0.492. The summed E-state index contributed by atoms with van der Waals surface area (Å²) in [5.41, 5.74) is 2.67. The Morgan fingerprint density at radius 1 is 1.18 bits per heavy atom. The molecular weight excluding hydrogens is 249 g/mol. The molecule has 6 heteroatoms. The average Bonchev–Trinajstić information content (AvgIpc) is 2.76. The molecule has 17 heavy (non-hydrogen) atoms. The van der Waals surface area contributed by atoms with E-state index in [-0.39, 0.29) is 5.56 Å². The van der Waals surface area contributed by atoms with Gasteiger partial charge in [0.25, 0.3) is 0 Å². The van der Waals surface area contributed by atoms with Crippen molar-refractivity contribution in [2.75, 3.05) is 0 Å². The van der Waals surface area contributed by atoms with Gasteiger partial charge in [-0.1, -0.05) is 0 Å². The van der Waals surface area contributed by atoms with Gasteiger partial charge >= 0.3 is 0 Å². The first-order chi connectivity index (χ1) is 8.13. The van der Waals surface area contributed by atoms with Crippen LogP contribution in [-0.2, 0) is 0 Å². The van der Waals surface area contributed by atoms with E-state index in [9.17, 15) is 13.2 Å². The largest absolute Gasteiger partial charge is 0.271 e. The molecule has 1 unspecified atom stereocenters. The fourth-order valence-corrected chi connectivity index (χ4v) is 2.30. The lowest BCUT2D eigenvalue weighted by atomic mass is 10.0.